The van der Waals surface area contributed by atoms with Crippen LogP contribution in [0.5, 0.6) is 0 Å². The average molecular weight is 246 g/mol. The van der Waals surface area contributed by atoms with E-state index in [0.717, 1.165) is 0 Å². The Bertz CT molecular complexity index is 290. The van der Waals surface area contributed by atoms with Crippen LogP contribution in [0.15, 0.2) is 6.20 Å². The van der Waals surface area contributed by atoms with Gasteiger partial charge in [0.15, 0.2) is 0 Å². The summed E-state index contributed by atoms with van der Waals surface area (Å²) >= 11 is 1.95. The largest absolute Gasteiger partial charge is 0.395 e. The van der Waals surface area contributed by atoms with Gasteiger partial charge in [0.1, 0.15) is 9.77 Å². The quantitative estimate of drug-likeness (QED) is 0.535. The molecule has 0 amide bonds. The number of hydrogen-bond donors (Lipinski definition) is 1. The zero-order chi connectivity index (χ0) is 7.56. The molecule has 1 aromatic rings. The van der Waals surface area contributed by atoms with Gasteiger partial charge < -0.3 is 5.73 Å². The molecule has 0 aliphatic heterocycles. The van der Waals surface area contributed by atoms with Gasteiger partial charge in [-0.2, -0.15) is 5.26 Å². The predicted octanol–water partition coefficient (Wildman–Crippen LogP) is 0.535. The highest BCUT2D eigenvalue weighted by atomic mass is 127. The highest BCUT2D eigenvalue weighted by Gasteiger charge is 1.98. The Morgan fingerprint density at radius 1 is 1.70 bits per heavy atom. The van der Waals surface area contributed by atoms with Gasteiger partial charge in [-0.1, -0.05) is 0 Å². The molecule has 10 heavy (non-hydrogen) atoms. The Morgan fingerprint density at radius 3 is 2.90 bits per heavy atom. The van der Waals surface area contributed by atoms with Gasteiger partial charge in [-0.15, -0.1) is 0 Å². The standard InChI is InChI=1S/C5H3IN4/c6-5-3(8)2-9-4(1-7)10-5/h2H,8H2. The number of halogens is 1. The molecule has 50 valence electrons. The van der Waals surface area contributed by atoms with Gasteiger partial charge in [0.05, 0.1) is 11.9 Å². The fraction of sp³-hybridized carbons (Fsp3) is 0. The molecule has 1 aromatic heterocycles. The summed E-state index contributed by atoms with van der Waals surface area (Å²) in [6, 6.07) is 1.81. The molecule has 0 saturated heterocycles. The summed E-state index contributed by atoms with van der Waals surface area (Å²) in [4.78, 5) is 7.44. The molecule has 4 nitrogen and oxygen atoms in total. The Hall–Kier alpha value is -0.900. The Morgan fingerprint density at radius 2 is 2.40 bits per heavy atom. The molecule has 0 spiro atoms. The first-order valence-electron chi connectivity index (χ1n) is 2.42. The van der Waals surface area contributed by atoms with Crippen LogP contribution in [-0.4, -0.2) is 9.97 Å². The second-order valence-electron chi connectivity index (χ2n) is 1.55. The van der Waals surface area contributed by atoms with Crippen LogP contribution in [0.1, 0.15) is 5.82 Å². The second kappa shape index (κ2) is 2.79. The Kier molecular flexibility index (Phi) is 2.01. The van der Waals surface area contributed by atoms with Crippen molar-refractivity contribution in [2.45, 2.75) is 0 Å². The summed E-state index contributed by atoms with van der Waals surface area (Å²) in [5.41, 5.74) is 5.90. The van der Waals surface area contributed by atoms with Crippen LogP contribution in [-0.2, 0) is 0 Å². The van der Waals surface area contributed by atoms with E-state index in [9.17, 15) is 0 Å². The molecule has 0 saturated carbocycles. The lowest BCUT2D eigenvalue weighted by Crippen LogP contribution is -1.97. The molecule has 2 N–H and O–H groups in total. The van der Waals surface area contributed by atoms with Crippen LogP contribution < -0.4 is 5.73 Å². The van der Waals surface area contributed by atoms with Crippen LogP contribution in [0.2, 0.25) is 0 Å². The van der Waals surface area contributed by atoms with Crippen LogP contribution in [0.25, 0.3) is 0 Å². The maximum Gasteiger partial charge on any atom is 0.233 e. The van der Waals surface area contributed by atoms with Gasteiger partial charge >= 0.3 is 0 Å². The van der Waals surface area contributed by atoms with Gasteiger partial charge in [0.25, 0.3) is 0 Å². The van der Waals surface area contributed by atoms with Crippen LogP contribution in [0.3, 0.4) is 0 Å². The topological polar surface area (TPSA) is 75.6 Å². The summed E-state index contributed by atoms with van der Waals surface area (Å²) in [6.07, 6.45) is 1.42. The third kappa shape index (κ3) is 1.33. The fourth-order valence-electron chi connectivity index (χ4n) is 0.424. The van der Waals surface area contributed by atoms with E-state index in [-0.39, 0.29) is 5.82 Å². The van der Waals surface area contributed by atoms with E-state index in [1.807, 2.05) is 28.7 Å². The van der Waals surface area contributed by atoms with E-state index in [4.69, 9.17) is 11.0 Å². The molecule has 0 unspecified atom stereocenters. The van der Waals surface area contributed by atoms with Gasteiger partial charge in [-0.25, -0.2) is 9.97 Å². The first-order chi connectivity index (χ1) is 4.74. The van der Waals surface area contributed by atoms with E-state index in [1.165, 1.54) is 6.20 Å². The predicted molar refractivity (Wildman–Crippen MR) is 43.9 cm³/mol. The van der Waals surface area contributed by atoms with Gasteiger partial charge in [0.2, 0.25) is 5.82 Å². The molecule has 1 heterocycles. The maximum atomic E-state index is 8.33. The smallest absolute Gasteiger partial charge is 0.233 e. The van der Waals surface area contributed by atoms with E-state index >= 15 is 0 Å². The first kappa shape index (κ1) is 7.21. The van der Waals surface area contributed by atoms with Crippen LogP contribution in [0.4, 0.5) is 5.69 Å². The average Bonchev–Trinajstić information content (AvgIpc) is 1.95. The SMILES string of the molecule is N#Cc1ncc(N)c(I)n1. The van der Waals surface area contributed by atoms with Gasteiger partial charge in [-0.3, -0.25) is 0 Å². The first-order valence-corrected chi connectivity index (χ1v) is 3.50. The minimum atomic E-state index is 0.151. The van der Waals surface area contributed by atoms with Gasteiger partial charge in [-0.05, 0) is 22.6 Å². The Balaban J connectivity index is 3.20. The minimum Gasteiger partial charge on any atom is -0.395 e. The number of anilines is 1. The minimum absolute atomic E-state index is 0.151. The molecule has 0 aliphatic rings. The second-order valence-corrected chi connectivity index (χ2v) is 2.57. The fourth-order valence-corrected chi connectivity index (χ4v) is 0.792. The number of rotatable bonds is 0. The van der Waals surface area contributed by atoms with Crippen molar-refractivity contribution in [3.63, 3.8) is 0 Å². The van der Waals surface area contributed by atoms with Crippen molar-refractivity contribution in [3.8, 4) is 6.07 Å². The van der Waals surface area contributed by atoms with Crippen LogP contribution >= 0.6 is 22.6 Å². The van der Waals surface area contributed by atoms with E-state index in [2.05, 4.69) is 9.97 Å². The highest BCUT2D eigenvalue weighted by molar-refractivity contribution is 14.1. The summed E-state index contributed by atoms with van der Waals surface area (Å²) in [7, 11) is 0. The third-order valence-corrected chi connectivity index (χ3v) is 1.73. The lowest BCUT2D eigenvalue weighted by Gasteiger charge is -1.93. The number of nitrogens with zero attached hydrogens (tertiary/aromatic N) is 3. The molecule has 0 aliphatic carbocycles. The molecule has 1 rings (SSSR count). The number of nitriles is 1. The van der Waals surface area contributed by atoms with Crippen molar-refractivity contribution in [2.24, 2.45) is 0 Å². The molecule has 0 bridgehead atoms. The highest BCUT2D eigenvalue weighted by Crippen LogP contribution is 2.08. The normalized spacial score (nSPS) is 8.80. The van der Waals surface area contributed by atoms with Crippen molar-refractivity contribution in [3.05, 3.63) is 15.7 Å². The Labute approximate surface area is 71.2 Å². The number of hydrogen-bond acceptors (Lipinski definition) is 4. The summed E-state index contributed by atoms with van der Waals surface area (Å²) in [5.74, 6) is 0.151. The molecule has 0 radical (unpaired) electrons. The monoisotopic (exact) mass is 246 g/mol. The van der Waals surface area contributed by atoms with Crippen molar-refractivity contribution >= 4 is 28.3 Å². The summed E-state index contributed by atoms with van der Waals surface area (Å²) in [6.45, 7) is 0. The summed E-state index contributed by atoms with van der Waals surface area (Å²) < 4.78 is 0.615. The number of nitrogen functional groups attached to an aromatic ring is 1. The van der Waals surface area contributed by atoms with Crippen molar-refractivity contribution in [1.29, 1.82) is 5.26 Å². The van der Waals surface area contributed by atoms with Gasteiger partial charge in [0, 0.05) is 0 Å². The number of aromatic nitrogens is 2. The molecular weight excluding hydrogens is 243 g/mol. The zero-order valence-corrected chi connectivity index (χ0v) is 7.03. The van der Waals surface area contributed by atoms with Crippen LogP contribution in [0, 0.1) is 15.0 Å². The lowest BCUT2D eigenvalue weighted by atomic mass is 10.5. The molecule has 0 fully saturated rings. The third-order valence-electron chi connectivity index (χ3n) is 0.868. The summed E-state index contributed by atoms with van der Waals surface area (Å²) in [5, 5.41) is 8.33. The van der Waals surface area contributed by atoms with E-state index < -0.39 is 0 Å². The number of nitrogens with two attached hydrogens (primary N) is 1. The van der Waals surface area contributed by atoms with E-state index in [0.29, 0.717) is 9.39 Å². The maximum absolute atomic E-state index is 8.33. The molecule has 0 aromatic carbocycles. The molecular formula is C5H3IN4. The van der Waals surface area contributed by atoms with Crippen molar-refractivity contribution in [2.75, 3.05) is 5.73 Å². The zero-order valence-electron chi connectivity index (χ0n) is 4.87. The molecule has 0 atom stereocenters. The van der Waals surface area contributed by atoms with Crippen molar-refractivity contribution < 1.29 is 0 Å². The lowest BCUT2D eigenvalue weighted by molar-refractivity contribution is 1.09. The van der Waals surface area contributed by atoms with E-state index in [1.54, 1.807) is 0 Å². The van der Waals surface area contributed by atoms with Crippen molar-refractivity contribution in [1.82, 2.24) is 9.97 Å². The molecule has 5 heteroatoms.